The second-order valence-electron chi connectivity index (χ2n) is 19.1. The van der Waals surface area contributed by atoms with Gasteiger partial charge in [-0.2, -0.15) is 0 Å². The quantitative estimate of drug-likeness (QED) is 0.125. The number of benzene rings is 2. The molecule has 2 aromatic carbocycles. The fourth-order valence-electron chi connectivity index (χ4n) is 9.61. The van der Waals surface area contributed by atoms with Crippen LogP contribution in [0.5, 0.6) is 5.75 Å². The molecule has 3 aliphatic rings. The predicted molar refractivity (Wildman–Crippen MR) is 251 cm³/mol. The van der Waals surface area contributed by atoms with Crippen molar-refractivity contribution < 1.29 is 43.3 Å². The van der Waals surface area contributed by atoms with Gasteiger partial charge in [-0.05, 0) is 96.7 Å². The maximum atomic E-state index is 14.7. The molecule has 358 valence electrons. The van der Waals surface area contributed by atoms with Crippen LogP contribution in [0.15, 0.2) is 54.9 Å². The summed E-state index contributed by atoms with van der Waals surface area (Å²) in [5.41, 5.74) is 10.0. The van der Waals surface area contributed by atoms with E-state index >= 15 is 0 Å². The number of rotatable bonds is 11. The number of hydrazine groups is 1. The van der Waals surface area contributed by atoms with Gasteiger partial charge in [0.25, 0.3) is 5.91 Å². The molecule has 17 nitrogen and oxygen atoms in total. The summed E-state index contributed by atoms with van der Waals surface area (Å²) in [6.45, 7) is 12.6. The SMILES string of the molecule is CCc1ccncc1-c1c2c3cc(ccc3n1CC)-c1cc(O)cc(c1)C[C@H](NC(=O)[C@H](C(C)C)N(C)C(=O)CN(C)C(=O)[C@@H]1N[C@H]1C(=O)OC)C(=O)N1CCC[C@H](N1)C(=O)OCC(C)(C)C2. The number of phenols is 1. The van der Waals surface area contributed by atoms with Gasteiger partial charge in [0.2, 0.25) is 17.7 Å². The number of likely N-dealkylation sites (N-methyl/N-ethyl adjacent to an activating group) is 2. The number of hydrogen-bond acceptors (Lipinski definition) is 12. The maximum Gasteiger partial charge on any atom is 0.325 e. The topological polar surface area (TPSA) is 215 Å². The molecule has 0 saturated carbocycles. The van der Waals surface area contributed by atoms with Gasteiger partial charge in [0, 0.05) is 67.9 Å². The number of aryl methyl sites for hydroxylation is 2. The molecule has 0 unspecified atom stereocenters. The molecular formula is C50H64N8O9. The minimum Gasteiger partial charge on any atom is -0.508 e. The molecule has 3 aliphatic heterocycles. The van der Waals surface area contributed by atoms with Crippen LogP contribution in [0, 0.1) is 11.3 Å². The number of aromatic nitrogens is 2. The average molecular weight is 921 g/mol. The van der Waals surface area contributed by atoms with Crippen LogP contribution in [0.25, 0.3) is 33.3 Å². The van der Waals surface area contributed by atoms with Crippen molar-refractivity contribution in [3.63, 3.8) is 0 Å². The van der Waals surface area contributed by atoms with E-state index in [2.05, 4.69) is 71.5 Å². The number of amides is 4. The lowest BCUT2D eigenvalue weighted by atomic mass is 9.84. The van der Waals surface area contributed by atoms with Crippen LogP contribution in [0.4, 0.5) is 0 Å². The van der Waals surface area contributed by atoms with Crippen molar-refractivity contribution in [3.05, 3.63) is 71.5 Å². The number of carbonyl (C=O) groups excluding carboxylic acids is 6. The second kappa shape index (κ2) is 19.9. The lowest BCUT2D eigenvalue weighted by Gasteiger charge is -2.37. The van der Waals surface area contributed by atoms with Crippen LogP contribution in [0.1, 0.15) is 71.1 Å². The molecule has 2 fully saturated rings. The number of fused-ring (bicyclic) bond motifs is 6. The van der Waals surface area contributed by atoms with Gasteiger partial charge < -0.3 is 34.3 Å². The van der Waals surface area contributed by atoms with Crippen molar-refractivity contribution in [1.82, 2.24) is 40.4 Å². The number of cyclic esters (lactones) is 1. The summed E-state index contributed by atoms with van der Waals surface area (Å²) in [4.78, 5) is 88.7. The minimum atomic E-state index is -1.21. The number of nitrogens with one attached hydrogen (secondary N) is 3. The van der Waals surface area contributed by atoms with Crippen molar-refractivity contribution >= 4 is 46.5 Å². The minimum absolute atomic E-state index is 0.0297. The number of hydrogen-bond donors (Lipinski definition) is 4. The molecular weight excluding hydrogens is 857 g/mol. The molecule has 6 bridgehead atoms. The van der Waals surface area contributed by atoms with Crippen molar-refractivity contribution in [2.45, 2.75) is 110 Å². The summed E-state index contributed by atoms with van der Waals surface area (Å²) in [5, 5.41) is 19.4. The summed E-state index contributed by atoms with van der Waals surface area (Å²) in [6, 6.07) is 8.70. The van der Waals surface area contributed by atoms with E-state index in [4.69, 9.17) is 9.47 Å². The van der Waals surface area contributed by atoms with Gasteiger partial charge in [-0.3, -0.25) is 44.1 Å². The first-order valence-electron chi connectivity index (χ1n) is 23.2. The number of esters is 2. The smallest absolute Gasteiger partial charge is 0.325 e. The average Bonchev–Trinajstić information content (AvgIpc) is 4.05. The van der Waals surface area contributed by atoms with Crippen molar-refractivity contribution in [2.75, 3.05) is 40.9 Å². The van der Waals surface area contributed by atoms with Gasteiger partial charge in [0.05, 0.1) is 26.0 Å². The summed E-state index contributed by atoms with van der Waals surface area (Å²) >= 11 is 0. The van der Waals surface area contributed by atoms with E-state index in [1.807, 2.05) is 24.5 Å². The van der Waals surface area contributed by atoms with Crippen LogP contribution in [-0.2, 0) is 64.0 Å². The predicted octanol–water partition coefficient (Wildman–Crippen LogP) is 3.76. The number of phenolic OH excluding ortho intramolecular Hbond substituents is 1. The lowest BCUT2D eigenvalue weighted by molar-refractivity contribution is -0.155. The van der Waals surface area contributed by atoms with E-state index in [0.29, 0.717) is 36.9 Å². The normalized spacial score (nSPS) is 21.0. The van der Waals surface area contributed by atoms with E-state index in [0.717, 1.165) is 45.3 Å². The third-order valence-electron chi connectivity index (χ3n) is 13.2. The van der Waals surface area contributed by atoms with E-state index in [1.54, 1.807) is 26.0 Å². The number of nitrogens with zero attached hydrogens (tertiary/aromatic N) is 5. The first-order valence-corrected chi connectivity index (χ1v) is 23.2. The molecule has 4 aromatic rings. The van der Waals surface area contributed by atoms with E-state index in [1.165, 1.54) is 36.0 Å². The molecule has 7 rings (SSSR count). The molecule has 0 aliphatic carbocycles. The monoisotopic (exact) mass is 920 g/mol. The van der Waals surface area contributed by atoms with Gasteiger partial charge in [0.1, 0.15) is 36.0 Å². The zero-order chi connectivity index (χ0) is 48.5. The Morgan fingerprint density at radius 1 is 1.04 bits per heavy atom. The van der Waals surface area contributed by atoms with Crippen molar-refractivity contribution in [2.24, 2.45) is 11.3 Å². The van der Waals surface area contributed by atoms with Crippen LogP contribution in [0.3, 0.4) is 0 Å². The van der Waals surface area contributed by atoms with Crippen LogP contribution < -0.4 is 16.1 Å². The van der Waals surface area contributed by atoms with Gasteiger partial charge in [0.15, 0.2) is 0 Å². The van der Waals surface area contributed by atoms with Crippen molar-refractivity contribution in [3.8, 4) is 28.1 Å². The van der Waals surface area contributed by atoms with E-state index in [-0.39, 0.29) is 31.9 Å². The fraction of sp³-hybridized carbons (Fsp3) is 0.500. The van der Waals surface area contributed by atoms with Crippen LogP contribution in [-0.4, -0.2) is 136 Å². The Kier molecular flexibility index (Phi) is 14.4. The third-order valence-corrected chi connectivity index (χ3v) is 13.2. The second-order valence-corrected chi connectivity index (χ2v) is 19.1. The zero-order valence-corrected chi connectivity index (χ0v) is 40.0. The van der Waals surface area contributed by atoms with Gasteiger partial charge >= 0.3 is 11.9 Å². The first-order chi connectivity index (χ1) is 31.9. The Balaban J connectivity index is 1.25. The van der Waals surface area contributed by atoms with Crippen LogP contribution in [0.2, 0.25) is 0 Å². The number of aromatic hydroxyl groups is 1. The summed E-state index contributed by atoms with van der Waals surface area (Å²) in [7, 11) is 4.13. The van der Waals surface area contributed by atoms with Crippen LogP contribution >= 0.6 is 0 Å². The zero-order valence-electron chi connectivity index (χ0n) is 40.0. The number of carbonyl (C=O) groups is 6. The Morgan fingerprint density at radius 2 is 1.81 bits per heavy atom. The maximum absolute atomic E-state index is 14.7. The Hall–Kier alpha value is -6.33. The molecule has 2 aromatic heterocycles. The molecule has 17 heteroatoms. The van der Waals surface area contributed by atoms with E-state index in [9.17, 15) is 33.9 Å². The van der Waals surface area contributed by atoms with Crippen molar-refractivity contribution in [1.29, 1.82) is 0 Å². The highest BCUT2D eigenvalue weighted by molar-refractivity contribution is 5.98. The Bertz CT molecular complexity index is 2570. The summed E-state index contributed by atoms with van der Waals surface area (Å²) < 4.78 is 13.1. The Labute approximate surface area is 391 Å². The lowest BCUT2D eigenvalue weighted by Crippen LogP contribution is -2.62. The standard InChI is InChI=1S/C50H64N8O9/c1-10-30-16-17-51-25-36(30)44-35-24-50(5,6)27-67-48(64)37-13-12-18-58(54-37)46(62)38(21-29-19-32(22-33(59)20-29)31-14-15-39(34(35)23-31)57(44)11-2)52-45(61)43(28(3)4)56(8)40(60)26-55(7)47(63)41-42(53-41)49(65)66-9/h14-17,19-20,22-23,25,28,37-38,41-43,53-54,59H,10-13,18,21,24,26-27H2,1-9H3,(H,52,61)/t37-,38-,41+,42+,43-/m0/s1. The number of methoxy groups -OCH3 is 1. The fourth-order valence-corrected chi connectivity index (χ4v) is 9.61. The van der Waals surface area contributed by atoms with Gasteiger partial charge in [-0.25, -0.2) is 5.43 Å². The molecule has 2 saturated heterocycles. The van der Waals surface area contributed by atoms with Gasteiger partial charge in [-0.15, -0.1) is 0 Å². The summed E-state index contributed by atoms with van der Waals surface area (Å²) in [6.07, 6.45) is 5.97. The largest absolute Gasteiger partial charge is 0.508 e. The van der Waals surface area contributed by atoms with Gasteiger partial charge in [-0.1, -0.05) is 46.8 Å². The highest BCUT2D eigenvalue weighted by atomic mass is 16.5. The molecule has 5 heterocycles. The summed E-state index contributed by atoms with van der Waals surface area (Å²) in [5.74, 6) is -3.68. The molecule has 4 N–H and O–H groups in total. The first kappa shape index (κ1) is 48.6. The molecule has 0 spiro atoms. The highest BCUT2D eigenvalue weighted by Gasteiger charge is 2.50. The molecule has 5 atom stereocenters. The highest BCUT2D eigenvalue weighted by Crippen LogP contribution is 2.41. The number of ether oxygens (including phenoxy) is 2. The molecule has 67 heavy (non-hydrogen) atoms. The van der Waals surface area contributed by atoms with E-state index < -0.39 is 77.1 Å². The Morgan fingerprint density at radius 3 is 2.51 bits per heavy atom. The number of pyridine rings is 1. The molecule has 4 amide bonds. The third kappa shape index (κ3) is 10.3. The molecule has 0 radical (unpaired) electrons.